The van der Waals surface area contributed by atoms with Crippen LogP contribution in [0.15, 0.2) is 71.6 Å². The van der Waals surface area contributed by atoms with Gasteiger partial charge in [0.2, 0.25) is 10.0 Å². The van der Waals surface area contributed by atoms with Crippen molar-refractivity contribution < 1.29 is 22.7 Å². The molecule has 1 saturated heterocycles. The van der Waals surface area contributed by atoms with Crippen molar-refractivity contribution in [2.45, 2.75) is 11.3 Å². The number of fused-ring (bicyclic) bond motifs is 1. The molecular formula is C25H29N3O5S. The van der Waals surface area contributed by atoms with Gasteiger partial charge < -0.3 is 14.8 Å². The van der Waals surface area contributed by atoms with Crippen LogP contribution in [0.3, 0.4) is 0 Å². The Labute approximate surface area is 199 Å². The summed E-state index contributed by atoms with van der Waals surface area (Å²) in [5, 5.41) is 4.85. The van der Waals surface area contributed by atoms with E-state index < -0.39 is 10.0 Å². The van der Waals surface area contributed by atoms with Gasteiger partial charge in [0.15, 0.2) is 6.61 Å². The highest BCUT2D eigenvalue weighted by atomic mass is 32.2. The third-order valence-electron chi connectivity index (χ3n) is 5.59. The summed E-state index contributed by atoms with van der Waals surface area (Å²) >= 11 is 0. The summed E-state index contributed by atoms with van der Waals surface area (Å²) in [4.78, 5) is 14.7. The highest BCUT2D eigenvalue weighted by molar-refractivity contribution is 7.89. The Morgan fingerprint density at radius 3 is 2.47 bits per heavy atom. The number of carbonyl (C=O) groups is 1. The van der Waals surface area contributed by atoms with Crippen LogP contribution in [-0.4, -0.2) is 65.2 Å². The molecule has 0 bridgehead atoms. The zero-order chi connectivity index (χ0) is 23.8. The first-order valence-electron chi connectivity index (χ1n) is 11.3. The topological polar surface area (TPSA) is 97.0 Å². The summed E-state index contributed by atoms with van der Waals surface area (Å²) in [6, 6.07) is 19.6. The molecule has 34 heavy (non-hydrogen) atoms. The SMILES string of the molecule is O=C(COc1ccc2ccccc2c1)Nc1ccc(S(=O)(=O)NCCCN2CCOCC2)cc1. The van der Waals surface area contributed by atoms with Crippen molar-refractivity contribution in [1.82, 2.24) is 9.62 Å². The number of anilines is 1. The van der Waals surface area contributed by atoms with Crippen molar-refractivity contribution in [3.05, 3.63) is 66.7 Å². The number of sulfonamides is 1. The van der Waals surface area contributed by atoms with Crippen LogP contribution in [0, 0.1) is 0 Å². The van der Waals surface area contributed by atoms with E-state index in [4.69, 9.17) is 9.47 Å². The molecule has 1 heterocycles. The quantitative estimate of drug-likeness (QED) is 0.431. The molecule has 0 saturated carbocycles. The Morgan fingerprint density at radius 2 is 1.71 bits per heavy atom. The molecule has 2 N–H and O–H groups in total. The fourth-order valence-corrected chi connectivity index (χ4v) is 4.81. The number of ether oxygens (including phenoxy) is 2. The molecule has 1 fully saturated rings. The fraction of sp³-hybridized carbons (Fsp3) is 0.320. The molecule has 3 aromatic carbocycles. The zero-order valence-electron chi connectivity index (χ0n) is 18.9. The van der Waals surface area contributed by atoms with E-state index in [-0.39, 0.29) is 17.4 Å². The van der Waals surface area contributed by atoms with Gasteiger partial charge >= 0.3 is 0 Å². The molecule has 0 spiro atoms. The number of hydrogen-bond donors (Lipinski definition) is 2. The summed E-state index contributed by atoms with van der Waals surface area (Å²) in [7, 11) is -3.60. The number of nitrogens with one attached hydrogen (secondary N) is 2. The minimum Gasteiger partial charge on any atom is -0.484 e. The monoisotopic (exact) mass is 483 g/mol. The predicted molar refractivity (Wildman–Crippen MR) is 132 cm³/mol. The Bertz CT molecular complexity index is 1210. The molecule has 3 aromatic rings. The second kappa shape index (κ2) is 11.4. The Hall–Kier alpha value is -2.98. The maximum Gasteiger partial charge on any atom is 0.262 e. The molecule has 0 unspecified atom stereocenters. The van der Waals surface area contributed by atoms with Crippen molar-refractivity contribution in [2.75, 3.05) is 51.3 Å². The lowest BCUT2D eigenvalue weighted by molar-refractivity contribution is -0.118. The first kappa shape index (κ1) is 24.2. The number of carbonyl (C=O) groups excluding carboxylic acids is 1. The van der Waals surface area contributed by atoms with Crippen molar-refractivity contribution in [3.63, 3.8) is 0 Å². The number of hydrogen-bond acceptors (Lipinski definition) is 6. The third-order valence-corrected chi connectivity index (χ3v) is 7.06. The Kier molecular flexibility index (Phi) is 8.12. The molecule has 1 amide bonds. The lowest BCUT2D eigenvalue weighted by Gasteiger charge is -2.26. The van der Waals surface area contributed by atoms with E-state index in [1.165, 1.54) is 12.1 Å². The smallest absolute Gasteiger partial charge is 0.262 e. The average molecular weight is 484 g/mol. The second-order valence-electron chi connectivity index (χ2n) is 8.08. The van der Waals surface area contributed by atoms with Gasteiger partial charge in [-0.15, -0.1) is 0 Å². The molecule has 4 rings (SSSR count). The zero-order valence-corrected chi connectivity index (χ0v) is 19.7. The van der Waals surface area contributed by atoms with Crippen LogP contribution < -0.4 is 14.8 Å². The Morgan fingerprint density at radius 1 is 0.971 bits per heavy atom. The van der Waals surface area contributed by atoms with Crippen LogP contribution in [0.1, 0.15) is 6.42 Å². The number of nitrogens with zero attached hydrogens (tertiary/aromatic N) is 1. The van der Waals surface area contributed by atoms with Crippen molar-refractivity contribution in [3.8, 4) is 5.75 Å². The fourth-order valence-electron chi connectivity index (χ4n) is 3.74. The van der Waals surface area contributed by atoms with E-state index >= 15 is 0 Å². The molecule has 9 heteroatoms. The van der Waals surface area contributed by atoms with Crippen LogP contribution in [0.25, 0.3) is 10.8 Å². The van der Waals surface area contributed by atoms with Crippen LogP contribution >= 0.6 is 0 Å². The van der Waals surface area contributed by atoms with Gasteiger partial charge in [-0.25, -0.2) is 13.1 Å². The van der Waals surface area contributed by atoms with Crippen molar-refractivity contribution >= 4 is 32.4 Å². The summed E-state index contributed by atoms with van der Waals surface area (Å²) in [6.45, 7) is 4.26. The molecule has 0 atom stereocenters. The summed E-state index contributed by atoms with van der Waals surface area (Å²) in [6.07, 6.45) is 0.727. The lowest BCUT2D eigenvalue weighted by Crippen LogP contribution is -2.38. The molecule has 180 valence electrons. The number of amides is 1. The van der Waals surface area contributed by atoms with E-state index in [9.17, 15) is 13.2 Å². The summed E-state index contributed by atoms with van der Waals surface area (Å²) in [5.41, 5.74) is 0.498. The lowest BCUT2D eigenvalue weighted by atomic mass is 10.1. The summed E-state index contributed by atoms with van der Waals surface area (Å²) in [5.74, 6) is 0.278. The molecule has 0 aliphatic carbocycles. The number of morpholine rings is 1. The Balaban J connectivity index is 1.22. The number of benzene rings is 3. The van der Waals surface area contributed by atoms with Crippen LogP contribution in [-0.2, 0) is 19.6 Å². The molecule has 1 aliphatic rings. The molecule has 0 radical (unpaired) electrons. The van der Waals surface area contributed by atoms with Gasteiger partial charge in [0.25, 0.3) is 5.91 Å². The first-order chi connectivity index (χ1) is 16.5. The van der Waals surface area contributed by atoms with E-state index in [2.05, 4.69) is 14.9 Å². The van der Waals surface area contributed by atoms with Gasteiger partial charge in [0.05, 0.1) is 18.1 Å². The van der Waals surface area contributed by atoms with Gasteiger partial charge in [-0.2, -0.15) is 0 Å². The van der Waals surface area contributed by atoms with Gasteiger partial charge in [0.1, 0.15) is 5.75 Å². The number of rotatable bonds is 10. The maximum absolute atomic E-state index is 12.5. The van der Waals surface area contributed by atoms with Crippen molar-refractivity contribution in [2.24, 2.45) is 0 Å². The minimum absolute atomic E-state index is 0.150. The molecular weight excluding hydrogens is 454 g/mol. The van der Waals surface area contributed by atoms with E-state index in [1.54, 1.807) is 12.1 Å². The van der Waals surface area contributed by atoms with E-state index in [1.807, 2.05) is 42.5 Å². The molecule has 8 nitrogen and oxygen atoms in total. The van der Waals surface area contributed by atoms with Gasteiger partial charge in [0, 0.05) is 25.3 Å². The third kappa shape index (κ3) is 6.77. The maximum atomic E-state index is 12.5. The van der Waals surface area contributed by atoms with Gasteiger partial charge in [-0.3, -0.25) is 9.69 Å². The highest BCUT2D eigenvalue weighted by Crippen LogP contribution is 2.20. The second-order valence-corrected chi connectivity index (χ2v) is 9.84. The average Bonchev–Trinajstić information content (AvgIpc) is 2.86. The van der Waals surface area contributed by atoms with Crippen molar-refractivity contribution in [1.29, 1.82) is 0 Å². The highest BCUT2D eigenvalue weighted by Gasteiger charge is 2.15. The van der Waals surface area contributed by atoms with Crippen LogP contribution in [0.5, 0.6) is 5.75 Å². The molecule has 1 aliphatic heterocycles. The van der Waals surface area contributed by atoms with Crippen LogP contribution in [0.4, 0.5) is 5.69 Å². The largest absolute Gasteiger partial charge is 0.484 e. The minimum atomic E-state index is -3.60. The predicted octanol–water partition coefficient (Wildman–Crippen LogP) is 2.86. The van der Waals surface area contributed by atoms with E-state index in [0.717, 1.165) is 50.0 Å². The van der Waals surface area contributed by atoms with E-state index in [0.29, 0.717) is 18.0 Å². The van der Waals surface area contributed by atoms with Gasteiger partial charge in [-0.05, 0) is 60.1 Å². The standard InChI is InChI=1S/C25H29N3O5S/c29-25(19-33-23-9-6-20-4-1-2-5-21(20)18-23)27-22-7-10-24(11-8-22)34(30,31)26-12-3-13-28-14-16-32-17-15-28/h1-2,4-11,18,26H,3,12-17,19H2,(H,27,29). The molecule has 0 aromatic heterocycles. The summed E-state index contributed by atoms with van der Waals surface area (Å²) < 4.78 is 38.6. The normalized spacial score (nSPS) is 14.7. The van der Waals surface area contributed by atoms with Gasteiger partial charge in [-0.1, -0.05) is 30.3 Å². The van der Waals surface area contributed by atoms with Crippen LogP contribution in [0.2, 0.25) is 0 Å². The first-order valence-corrected chi connectivity index (χ1v) is 12.8.